The highest BCUT2D eigenvalue weighted by Gasteiger charge is 2.25. The molecule has 4 aromatic rings. The second-order valence-electron chi connectivity index (χ2n) is 9.93. The number of hydrogen-bond acceptors (Lipinski definition) is 6. The SMILES string of the molecule is O=C(O)c1cc2n(CC3CCO3)c(CN3CCN(c4cccc(OCc5ccc(Cl)cc5F)n4)CC3)cn2c1. The largest absolute Gasteiger partial charge is 0.478 e. The Morgan fingerprint density at radius 2 is 1.97 bits per heavy atom. The second-order valence-corrected chi connectivity index (χ2v) is 10.4. The number of aromatic carboxylic acids is 1. The van der Waals surface area contributed by atoms with Crippen molar-refractivity contribution in [3.63, 3.8) is 0 Å². The van der Waals surface area contributed by atoms with E-state index in [2.05, 4.69) is 19.4 Å². The molecule has 0 saturated carbocycles. The molecule has 0 bridgehead atoms. The highest BCUT2D eigenvalue weighted by Crippen LogP contribution is 2.24. The smallest absolute Gasteiger partial charge is 0.337 e. The van der Waals surface area contributed by atoms with Crippen molar-refractivity contribution in [2.45, 2.75) is 32.2 Å². The lowest BCUT2D eigenvalue weighted by Crippen LogP contribution is -2.46. The predicted octanol–water partition coefficient (Wildman–Crippen LogP) is 4.32. The number of nitrogens with zero attached hydrogens (tertiary/aromatic N) is 5. The molecule has 3 aromatic heterocycles. The first-order chi connectivity index (χ1) is 18.9. The van der Waals surface area contributed by atoms with Gasteiger partial charge < -0.3 is 28.4 Å². The first-order valence-electron chi connectivity index (χ1n) is 13.0. The summed E-state index contributed by atoms with van der Waals surface area (Å²) in [6, 6.07) is 11.9. The molecule has 2 saturated heterocycles. The maximum atomic E-state index is 14.1. The number of pyridine rings is 1. The van der Waals surface area contributed by atoms with Crippen molar-refractivity contribution < 1.29 is 23.8 Å². The summed E-state index contributed by atoms with van der Waals surface area (Å²) in [7, 11) is 0. The molecule has 0 aliphatic carbocycles. The molecule has 1 aromatic carbocycles. The third kappa shape index (κ3) is 5.59. The normalized spacial score (nSPS) is 17.9. The van der Waals surface area contributed by atoms with E-state index in [4.69, 9.17) is 21.1 Å². The fraction of sp³-hybridized carbons (Fsp3) is 0.357. The maximum Gasteiger partial charge on any atom is 0.337 e. The summed E-state index contributed by atoms with van der Waals surface area (Å²) in [6.45, 7) is 5.62. The Balaban J connectivity index is 1.09. The van der Waals surface area contributed by atoms with Gasteiger partial charge in [0.25, 0.3) is 0 Å². The van der Waals surface area contributed by atoms with E-state index in [1.165, 1.54) is 6.07 Å². The van der Waals surface area contributed by atoms with Crippen LogP contribution >= 0.6 is 11.6 Å². The van der Waals surface area contributed by atoms with Gasteiger partial charge in [0, 0.05) is 68.4 Å². The zero-order valence-corrected chi connectivity index (χ0v) is 22.1. The summed E-state index contributed by atoms with van der Waals surface area (Å²) in [6.07, 6.45) is 4.87. The second kappa shape index (κ2) is 10.9. The Hall–Kier alpha value is -3.60. The van der Waals surface area contributed by atoms with Crippen molar-refractivity contribution in [3.8, 4) is 5.88 Å². The monoisotopic (exact) mass is 553 g/mol. The number of carboxylic acids is 1. The van der Waals surface area contributed by atoms with E-state index in [1.807, 2.05) is 22.7 Å². The summed E-state index contributed by atoms with van der Waals surface area (Å²) >= 11 is 5.83. The Labute approximate surface area is 229 Å². The number of fused-ring (bicyclic) bond motifs is 1. The van der Waals surface area contributed by atoms with Crippen LogP contribution in [0.4, 0.5) is 10.2 Å². The lowest BCUT2D eigenvalue weighted by molar-refractivity contribution is -0.0591. The van der Waals surface area contributed by atoms with Crippen molar-refractivity contribution in [1.29, 1.82) is 0 Å². The molecule has 2 aliphatic rings. The van der Waals surface area contributed by atoms with Crippen LogP contribution in [0.3, 0.4) is 0 Å². The van der Waals surface area contributed by atoms with E-state index in [0.717, 1.165) is 62.9 Å². The van der Waals surface area contributed by atoms with Crippen LogP contribution in [0.1, 0.15) is 28.0 Å². The molecule has 39 heavy (non-hydrogen) atoms. The van der Waals surface area contributed by atoms with Gasteiger partial charge in [0.1, 0.15) is 23.9 Å². The first kappa shape index (κ1) is 25.7. The minimum atomic E-state index is -0.928. The van der Waals surface area contributed by atoms with Gasteiger partial charge in [0.05, 0.1) is 23.9 Å². The van der Waals surface area contributed by atoms with Gasteiger partial charge in [-0.2, -0.15) is 4.98 Å². The zero-order chi connectivity index (χ0) is 26.9. The minimum absolute atomic E-state index is 0.0708. The van der Waals surface area contributed by atoms with E-state index >= 15 is 0 Å². The number of aromatic nitrogens is 3. The third-order valence-corrected chi connectivity index (χ3v) is 7.58. The molecule has 2 fully saturated rings. The molecule has 9 nitrogen and oxygen atoms in total. The molecule has 0 amide bonds. The van der Waals surface area contributed by atoms with Crippen molar-refractivity contribution in [1.82, 2.24) is 18.9 Å². The van der Waals surface area contributed by atoms with Gasteiger partial charge in [-0.3, -0.25) is 4.90 Å². The number of carboxylic acid groups (broad SMARTS) is 1. The fourth-order valence-corrected chi connectivity index (χ4v) is 5.22. The van der Waals surface area contributed by atoms with Crippen LogP contribution in [0.2, 0.25) is 5.02 Å². The number of carbonyl (C=O) groups is 1. The Morgan fingerprint density at radius 1 is 1.15 bits per heavy atom. The molecule has 1 unspecified atom stereocenters. The standard InChI is InChI=1S/C28H29ClFN5O4/c29-21-5-4-19(24(30)13-21)18-39-26-3-1-2-25(31-26)33-9-7-32(8-10-33)15-22-16-34-14-20(28(36)37)12-27(34)35(22)17-23-6-11-38-23/h1-5,12-14,16,23H,6-11,15,17-18H2,(H,36,37). The van der Waals surface area contributed by atoms with Crippen molar-refractivity contribution >= 4 is 29.0 Å². The lowest BCUT2D eigenvalue weighted by atomic mass is 10.2. The quantitative estimate of drug-likeness (QED) is 0.330. The van der Waals surface area contributed by atoms with Gasteiger partial charge >= 0.3 is 5.97 Å². The van der Waals surface area contributed by atoms with E-state index in [9.17, 15) is 14.3 Å². The number of imidazole rings is 1. The Morgan fingerprint density at radius 3 is 2.69 bits per heavy atom. The van der Waals surface area contributed by atoms with Crippen molar-refractivity contribution in [3.05, 3.63) is 82.5 Å². The van der Waals surface area contributed by atoms with Crippen molar-refractivity contribution in [2.24, 2.45) is 0 Å². The Kier molecular flexibility index (Phi) is 7.16. The van der Waals surface area contributed by atoms with E-state index < -0.39 is 11.8 Å². The average Bonchev–Trinajstić information content (AvgIpc) is 3.45. The molecular weight excluding hydrogens is 525 g/mol. The number of benzene rings is 1. The van der Waals surface area contributed by atoms with Crippen LogP contribution in [-0.2, 0) is 24.4 Å². The number of hydrogen-bond donors (Lipinski definition) is 1. The first-order valence-corrected chi connectivity index (χ1v) is 13.4. The summed E-state index contributed by atoms with van der Waals surface area (Å²) in [5.74, 6) is -0.0642. The van der Waals surface area contributed by atoms with Gasteiger partial charge in [0.15, 0.2) is 0 Å². The zero-order valence-electron chi connectivity index (χ0n) is 21.3. The molecule has 5 heterocycles. The van der Waals surface area contributed by atoms with Crippen LogP contribution in [-0.4, -0.2) is 68.8 Å². The molecule has 11 heteroatoms. The Bertz CT molecular complexity index is 1490. The van der Waals surface area contributed by atoms with Crippen LogP contribution in [0.25, 0.3) is 5.65 Å². The number of anilines is 1. The molecule has 1 N–H and O–H groups in total. The van der Waals surface area contributed by atoms with Crippen LogP contribution in [0.15, 0.2) is 54.9 Å². The summed E-state index contributed by atoms with van der Waals surface area (Å²) in [5.41, 5.74) is 2.71. The van der Waals surface area contributed by atoms with Gasteiger partial charge in [-0.15, -0.1) is 0 Å². The van der Waals surface area contributed by atoms with E-state index in [0.29, 0.717) is 23.0 Å². The maximum absolute atomic E-state index is 14.1. The van der Waals surface area contributed by atoms with Gasteiger partial charge in [0.2, 0.25) is 5.88 Å². The van der Waals surface area contributed by atoms with Gasteiger partial charge in [-0.25, -0.2) is 9.18 Å². The average molecular weight is 554 g/mol. The minimum Gasteiger partial charge on any atom is -0.478 e. The fourth-order valence-electron chi connectivity index (χ4n) is 5.07. The van der Waals surface area contributed by atoms with Crippen LogP contribution in [0, 0.1) is 5.82 Å². The van der Waals surface area contributed by atoms with Gasteiger partial charge in [-0.1, -0.05) is 23.7 Å². The van der Waals surface area contributed by atoms with E-state index in [-0.39, 0.29) is 18.3 Å². The summed E-state index contributed by atoms with van der Waals surface area (Å²) in [4.78, 5) is 20.7. The van der Waals surface area contributed by atoms with Crippen molar-refractivity contribution in [2.75, 3.05) is 37.7 Å². The molecule has 204 valence electrons. The topological polar surface area (TPSA) is 84.5 Å². The highest BCUT2D eigenvalue weighted by atomic mass is 35.5. The van der Waals surface area contributed by atoms with Crippen LogP contribution in [0.5, 0.6) is 5.88 Å². The molecular formula is C28H29ClFN5O4. The number of rotatable bonds is 9. The third-order valence-electron chi connectivity index (χ3n) is 7.35. The summed E-state index contributed by atoms with van der Waals surface area (Å²) < 4.78 is 29.6. The van der Waals surface area contributed by atoms with Gasteiger partial charge in [-0.05, 0) is 30.7 Å². The predicted molar refractivity (Wildman–Crippen MR) is 144 cm³/mol. The molecule has 6 rings (SSSR count). The molecule has 0 radical (unpaired) electrons. The lowest BCUT2D eigenvalue weighted by Gasteiger charge is -2.35. The number of piperazine rings is 1. The molecule has 2 aliphatic heterocycles. The number of halogens is 2. The molecule has 1 atom stereocenters. The summed E-state index contributed by atoms with van der Waals surface area (Å²) in [5, 5.41) is 9.76. The van der Waals surface area contributed by atoms with Crippen LogP contribution < -0.4 is 9.64 Å². The molecule has 0 spiro atoms. The number of ether oxygens (including phenoxy) is 2. The van der Waals surface area contributed by atoms with E-state index in [1.54, 1.807) is 30.5 Å². The highest BCUT2D eigenvalue weighted by molar-refractivity contribution is 6.30.